The third-order valence-electron chi connectivity index (χ3n) is 8.95. The standard InChI is InChI=1S/C43H49N3.2ClH.Fe/c1-28-14-11-15-29(2)40(28)44-30(3)38-18-13-19-39(46-38)31(4)45-41-36(32-20-24-34(25-21-32)42(5,6)7)16-12-17-37(41)33-22-26-35(27-23-33)43(8,9)10;;;/h11-14,16-27,29H,15H2,1-10H3;2*1H;/q;;;+2/p-2. The van der Waals surface area contributed by atoms with Crippen molar-refractivity contribution in [2.24, 2.45) is 15.9 Å². The van der Waals surface area contributed by atoms with Crippen molar-refractivity contribution in [3.8, 4) is 22.3 Å². The molecule has 0 radical (unpaired) electrons. The van der Waals surface area contributed by atoms with E-state index in [1.807, 2.05) is 12.1 Å². The molecule has 5 rings (SSSR count). The molecule has 0 amide bonds. The van der Waals surface area contributed by atoms with Gasteiger partial charge in [0, 0.05) is 22.7 Å². The van der Waals surface area contributed by atoms with Crippen molar-refractivity contribution in [2.45, 2.75) is 86.5 Å². The van der Waals surface area contributed by atoms with Gasteiger partial charge in [-0.05, 0) is 78.0 Å². The summed E-state index contributed by atoms with van der Waals surface area (Å²) in [6.07, 6.45) is 5.43. The third kappa shape index (κ3) is 9.92. The van der Waals surface area contributed by atoms with Gasteiger partial charge in [0.2, 0.25) is 0 Å². The molecule has 0 saturated heterocycles. The summed E-state index contributed by atoms with van der Waals surface area (Å²) in [6, 6.07) is 30.6. The van der Waals surface area contributed by atoms with Gasteiger partial charge in [0.1, 0.15) is 0 Å². The molecule has 3 aromatic carbocycles. The van der Waals surface area contributed by atoms with E-state index in [0.29, 0.717) is 5.92 Å². The number of pyridine rings is 1. The number of aliphatic imine (C=N–C) groups is 2. The third-order valence-corrected chi connectivity index (χ3v) is 8.95. The van der Waals surface area contributed by atoms with Crippen LogP contribution in [0.5, 0.6) is 0 Å². The molecule has 0 spiro atoms. The van der Waals surface area contributed by atoms with E-state index >= 15 is 0 Å². The van der Waals surface area contributed by atoms with Gasteiger partial charge in [-0.2, -0.15) is 0 Å². The van der Waals surface area contributed by atoms with Crippen LogP contribution in [0.4, 0.5) is 5.69 Å². The number of rotatable bonds is 6. The van der Waals surface area contributed by atoms with Crippen molar-refractivity contribution in [1.29, 1.82) is 0 Å². The molecule has 4 aromatic rings. The van der Waals surface area contributed by atoms with E-state index < -0.39 is 0 Å². The molecule has 0 saturated carbocycles. The quantitative estimate of drug-likeness (QED) is 0.144. The molecule has 0 aliphatic heterocycles. The van der Waals surface area contributed by atoms with Gasteiger partial charge in [-0.15, -0.1) is 0 Å². The van der Waals surface area contributed by atoms with Gasteiger partial charge < -0.3 is 0 Å². The number of para-hydroxylation sites is 1. The van der Waals surface area contributed by atoms with Crippen LogP contribution in [-0.4, -0.2) is 16.4 Å². The van der Waals surface area contributed by atoms with Crippen LogP contribution in [-0.2, 0) is 24.0 Å². The van der Waals surface area contributed by atoms with Gasteiger partial charge >= 0.3 is 33.3 Å². The normalized spacial score (nSPS) is 15.7. The topological polar surface area (TPSA) is 37.6 Å². The maximum absolute atomic E-state index is 5.36. The predicted octanol–water partition coefficient (Wildman–Crippen LogP) is 13.2. The molecule has 1 aromatic heterocycles. The van der Waals surface area contributed by atoms with E-state index in [4.69, 9.17) is 35.2 Å². The fraction of sp³-hybridized carbons (Fsp3) is 0.326. The maximum atomic E-state index is 5.36. The van der Waals surface area contributed by atoms with Gasteiger partial charge in [-0.1, -0.05) is 133 Å². The first-order valence-electron chi connectivity index (χ1n) is 16.8. The number of allylic oxidation sites excluding steroid dienone is 4. The Balaban J connectivity index is 0.00000174. The number of hydrogen-bond acceptors (Lipinski definition) is 3. The summed E-state index contributed by atoms with van der Waals surface area (Å²) < 4.78 is 0. The van der Waals surface area contributed by atoms with Crippen LogP contribution >= 0.6 is 20.2 Å². The molecule has 1 unspecified atom stereocenters. The summed E-state index contributed by atoms with van der Waals surface area (Å²) in [7, 11) is 9.53. The Morgan fingerprint density at radius 3 is 1.55 bits per heavy atom. The van der Waals surface area contributed by atoms with E-state index in [1.165, 1.54) is 16.7 Å². The molecule has 1 heterocycles. The second-order valence-electron chi connectivity index (χ2n) is 14.8. The fourth-order valence-electron chi connectivity index (χ4n) is 5.96. The van der Waals surface area contributed by atoms with Gasteiger partial charge in [0.25, 0.3) is 0 Å². The number of halogens is 2. The van der Waals surface area contributed by atoms with Crippen molar-refractivity contribution in [1.82, 2.24) is 4.98 Å². The van der Waals surface area contributed by atoms with Crippen LogP contribution in [0.15, 0.2) is 118 Å². The molecular weight excluding hydrogens is 685 g/mol. The Morgan fingerprint density at radius 2 is 1.12 bits per heavy atom. The minimum atomic E-state index is 0.0891. The summed E-state index contributed by atoms with van der Waals surface area (Å²) in [5.74, 6) is 0.399. The van der Waals surface area contributed by atoms with Crippen LogP contribution in [0.1, 0.15) is 98.2 Å². The fourth-order valence-corrected chi connectivity index (χ4v) is 5.96. The van der Waals surface area contributed by atoms with Crippen molar-refractivity contribution in [2.75, 3.05) is 0 Å². The van der Waals surface area contributed by atoms with E-state index in [9.17, 15) is 0 Å². The zero-order chi connectivity index (χ0) is 35.9. The molecule has 0 bridgehead atoms. The zero-order valence-corrected chi connectivity index (χ0v) is 33.1. The molecule has 1 atom stereocenters. The van der Waals surface area contributed by atoms with E-state index in [2.05, 4.69) is 154 Å². The van der Waals surface area contributed by atoms with Gasteiger partial charge in [-0.25, -0.2) is 4.98 Å². The average molecular weight is 735 g/mol. The Morgan fingerprint density at radius 1 is 0.694 bits per heavy atom. The van der Waals surface area contributed by atoms with E-state index in [0.717, 1.165) is 62.9 Å². The first-order valence-corrected chi connectivity index (χ1v) is 19.8. The van der Waals surface area contributed by atoms with Crippen molar-refractivity contribution in [3.63, 3.8) is 0 Å². The minimum absolute atomic E-state index is 0.0891. The second-order valence-corrected chi connectivity index (χ2v) is 16.6. The number of nitrogens with zero attached hydrogens (tertiary/aromatic N) is 3. The van der Waals surface area contributed by atoms with Gasteiger partial charge in [-0.3, -0.25) is 9.98 Å². The van der Waals surface area contributed by atoms with Crippen molar-refractivity contribution in [3.05, 3.63) is 131 Å². The van der Waals surface area contributed by atoms with Crippen molar-refractivity contribution >= 4 is 37.3 Å². The molecule has 1 aliphatic rings. The van der Waals surface area contributed by atoms with Crippen molar-refractivity contribution < 1.29 is 13.1 Å². The Kier molecular flexibility index (Phi) is 13.1. The molecule has 0 N–H and O–H groups in total. The molecule has 1 aliphatic carbocycles. The average Bonchev–Trinajstić information content (AvgIpc) is 3.06. The van der Waals surface area contributed by atoms with Crippen LogP contribution in [0, 0.1) is 5.92 Å². The predicted molar refractivity (Wildman–Crippen MR) is 210 cm³/mol. The van der Waals surface area contributed by atoms with Gasteiger partial charge in [0.05, 0.1) is 28.5 Å². The molecule has 258 valence electrons. The summed E-state index contributed by atoms with van der Waals surface area (Å²) in [5.41, 5.74) is 14.1. The monoisotopic (exact) mass is 733 g/mol. The van der Waals surface area contributed by atoms with Crippen LogP contribution in [0.25, 0.3) is 22.3 Å². The first-order chi connectivity index (χ1) is 23.1. The van der Waals surface area contributed by atoms with Gasteiger partial charge in [0.15, 0.2) is 0 Å². The molecular formula is C43H49Cl2FeN3. The number of hydrogen-bond donors (Lipinski definition) is 0. The van der Waals surface area contributed by atoms with E-state index in [-0.39, 0.29) is 24.0 Å². The summed E-state index contributed by atoms with van der Waals surface area (Å²) in [6.45, 7) is 22.0. The first kappa shape index (κ1) is 38.5. The Labute approximate surface area is 309 Å². The molecule has 3 nitrogen and oxygen atoms in total. The molecule has 6 heteroatoms. The van der Waals surface area contributed by atoms with Crippen LogP contribution in [0.2, 0.25) is 0 Å². The molecule has 0 fully saturated rings. The SMILES string of the molecule is CC(=NC1=C(C)C=CCC1C)c1cccc(C(C)=Nc2c(-c3ccc(C(C)(C)C)cc3)cccc2-c2ccc(C(C)(C)C)cc2)n1.[Cl][Fe][Cl]. The number of aromatic nitrogens is 1. The van der Waals surface area contributed by atoms with Crippen LogP contribution < -0.4 is 0 Å². The Bertz CT molecular complexity index is 1790. The summed E-state index contributed by atoms with van der Waals surface area (Å²) in [4.78, 5) is 15.5. The number of benzene rings is 3. The molecule has 49 heavy (non-hydrogen) atoms. The Hall–Kier alpha value is -3.27. The summed E-state index contributed by atoms with van der Waals surface area (Å²) in [5, 5.41) is 0. The second kappa shape index (κ2) is 16.6. The van der Waals surface area contributed by atoms with E-state index in [1.54, 1.807) is 0 Å². The van der Waals surface area contributed by atoms with Crippen LogP contribution in [0.3, 0.4) is 0 Å². The summed E-state index contributed by atoms with van der Waals surface area (Å²) >= 11 is 0.194. The zero-order valence-electron chi connectivity index (χ0n) is 30.5.